The fraction of sp³-hybridized carbons (Fsp3) is 0.417. The van der Waals surface area contributed by atoms with Crippen molar-refractivity contribution in [1.82, 2.24) is 4.98 Å². The van der Waals surface area contributed by atoms with Crippen LogP contribution < -0.4 is 21.5 Å². The van der Waals surface area contributed by atoms with Crippen LogP contribution in [0.2, 0.25) is 0 Å². The zero-order chi connectivity index (χ0) is 15.0. The third kappa shape index (κ3) is 5.63. The van der Waals surface area contributed by atoms with Gasteiger partial charge in [-0.1, -0.05) is 0 Å². The molecule has 2 amide bonds. The van der Waals surface area contributed by atoms with E-state index in [4.69, 9.17) is 20.9 Å². The van der Waals surface area contributed by atoms with Crippen molar-refractivity contribution < 1.29 is 19.1 Å². The van der Waals surface area contributed by atoms with Gasteiger partial charge >= 0.3 is 0 Å². The number of nitrogens with two attached hydrogens (primary N) is 2. The fourth-order valence-electron chi connectivity index (χ4n) is 1.31. The summed E-state index contributed by atoms with van der Waals surface area (Å²) >= 11 is 0. The van der Waals surface area contributed by atoms with Crippen molar-refractivity contribution >= 4 is 17.5 Å². The van der Waals surface area contributed by atoms with Gasteiger partial charge in [0.05, 0.1) is 31.0 Å². The van der Waals surface area contributed by atoms with Crippen LogP contribution in [0.5, 0.6) is 5.88 Å². The van der Waals surface area contributed by atoms with Crippen molar-refractivity contribution in [3.05, 3.63) is 18.3 Å². The zero-order valence-corrected chi connectivity index (χ0v) is 11.2. The van der Waals surface area contributed by atoms with Gasteiger partial charge in [0.25, 0.3) is 0 Å². The molecular weight excluding hydrogens is 264 g/mol. The molecule has 0 spiro atoms. The van der Waals surface area contributed by atoms with Crippen molar-refractivity contribution in [2.45, 2.75) is 12.5 Å². The number of aromatic nitrogens is 1. The van der Waals surface area contributed by atoms with Crippen LogP contribution in [-0.2, 0) is 14.3 Å². The van der Waals surface area contributed by atoms with Gasteiger partial charge in [0.2, 0.25) is 17.7 Å². The second-order valence-electron chi connectivity index (χ2n) is 3.99. The second kappa shape index (κ2) is 8.08. The number of ether oxygens (including phenoxy) is 2. The smallest absolute Gasteiger partial charge is 0.241 e. The number of nitrogens with zero attached hydrogens (tertiary/aromatic N) is 1. The molecule has 5 N–H and O–H groups in total. The molecule has 1 aromatic heterocycles. The summed E-state index contributed by atoms with van der Waals surface area (Å²) in [5.41, 5.74) is 10.9. The molecule has 110 valence electrons. The first-order valence-corrected chi connectivity index (χ1v) is 5.95. The van der Waals surface area contributed by atoms with Crippen LogP contribution in [0.25, 0.3) is 0 Å². The van der Waals surface area contributed by atoms with Gasteiger partial charge in [0.1, 0.15) is 6.61 Å². The number of anilines is 1. The average molecular weight is 282 g/mol. The summed E-state index contributed by atoms with van der Waals surface area (Å²) in [6, 6.07) is 2.24. The lowest BCUT2D eigenvalue weighted by Crippen LogP contribution is -2.39. The zero-order valence-electron chi connectivity index (χ0n) is 11.2. The van der Waals surface area contributed by atoms with E-state index in [0.29, 0.717) is 24.8 Å². The number of carbonyl (C=O) groups is 2. The number of hydrogen-bond donors (Lipinski definition) is 3. The molecule has 0 saturated carbocycles. The topological polar surface area (TPSA) is 130 Å². The summed E-state index contributed by atoms with van der Waals surface area (Å²) in [7, 11) is 1.57. The normalized spacial score (nSPS) is 11.7. The van der Waals surface area contributed by atoms with Crippen molar-refractivity contribution in [1.29, 1.82) is 0 Å². The number of methoxy groups -OCH3 is 1. The van der Waals surface area contributed by atoms with E-state index in [1.807, 2.05) is 0 Å². The first-order valence-electron chi connectivity index (χ1n) is 5.95. The van der Waals surface area contributed by atoms with Crippen LogP contribution >= 0.6 is 0 Å². The van der Waals surface area contributed by atoms with Crippen LogP contribution in [-0.4, -0.2) is 43.2 Å². The van der Waals surface area contributed by atoms with E-state index in [2.05, 4.69) is 10.3 Å². The van der Waals surface area contributed by atoms with Gasteiger partial charge in [-0.15, -0.1) is 0 Å². The molecule has 0 aliphatic rings. The minimum Gasteiger partial charge on any atom is -0.475 e. The van der Waals surface area contributed by atoms with Crippen molar-refractivity contribution in [2.75, 3.05) is 25.6 Å². The molecule has 1 heterocycles. The molecule has 8 heteroatoms. The van der Waals surface area contributed by atoms with Crippen molar-refractivity contribution in [3.63, 3.8) is 0 Å². The van der Waals surface area contributed by atoms with Gasteiger partial charge in [-0.05, 0) is 6.07 Å². The molecular formula is C12H18N4O4. The molecule has 1 unspecified atom stereocenters. The maximum absolute atomic E-state index is 11.6. The molecule has 0 bridgehead atoms. The molecule has 0 fully saturated rings. The van der Waals surface area contributed by atoms with E-state index in [9.17, 15) is 9.59 Å². The number of rotatable bonds is 8. The molecule has 20 heavy (non-hydrogen) atoms. The van der Waals surface area contributed by atoms with Gasteiger partial charge in [-0.2, -0.15) is 0 Å². The summed E-state index contributed by atoms with van der Waals surface area (Å²) in [5.74, 6) is -0.715. The first-order chi connectivity index (χ1) is 9.52. The Morgan fingerprint density at radius 2 is 2.15 bits per heavy atom. The van der Waals surface area contributed by atoms with Crippen molar-refractivity contribution in [3.8, 4) is 5.88 Å². The highest BCUT2D eigenvalue weighted by molar-refractivity contribution is 5.97. The van der Waals surface area contributed by atoms with E-state index in [0.717, 1.165) is 0 Å². The van der Waals surface area contributed by atoms with E-state index in [1.54, 1.807) is 19.2 Å². The predicted octanol–water partition coefficient (Wildman–Crippen LogP) is -0.752. The van der Waals surface area contributed by atoms with Crippen LogP contribution in [0.15, 0.2) is 18.3 Å². The third-order valence-corrected chi connectivity index (χ3v) is 2.30. The minimum absolute atomic E-state index is 0.211. The van der Waals surface area contributed by atoms with Crippen molar-refractivity contribution in [2.24, 2.45) is 11.5 Å². The highest BCUT2D eigenvalue weighted by Gasteiger charge is 2.16. The molecule has 0 aromatic carbocycles. The van der Waals surface area contributed by atoms with Gasteiger partial charge in [-0.3, -0.25) is 9.59 Å². The largest absolute Gasteiger partial charge is 0.475 e. The Morgan fingerprint density at radius 1 is 1.40 bits per heavy atom. The van der Waals surface area contributed by atoms with E-state index in [-0.39, 0.29) is 6.42 Å². The summed E-state index contributed by atoms with van der Waals surface area (Å²) < 4.78 is 10.1. The number of carbonyl (C=O) groups excluding carboxylic acids is 2. The minimum atomic E-state index is -0.981. The van der Waals surface area contributed by atoms with Gasteiger partial charge in [-0.25, -0.2) is 4.98 Å². The van der Waals surface area contributed by atoms with E-state index in [1.165, 1.54) is 6.20 Å². The van der Waals surface area contributed by atoms with Gasteiger partial charge in [0.15, 0.2) is 0 Å². The lowest BCUT2D eigenvalue weighted by Gasteiger charge is -2.10. The standard InChI is InChI=1S/C12H18N4O4/c1-19-4-5-20-11-3-2-8(7-15-11)16-12(18)9(13)6-10(14)17/h2-3,7,9H,4-6,13H2,1H3,(H2,14,17)(H,16,18). The number of amides is 2. The lowest BCUT2D eigenvalue weighted by molar-refractivity contribution is -0.123. The lowest BCUT2D eigenvalue weighted by atomic mass is 10.2. The molecule has 1 aromatic rings. The molecule has 0 saturated heterocycles. The highest BCUT2D eigenvalue weighted by Crippen LogP contribution is 2.11. The highest BCUT2D eigenvalue weighted by atomic mass is 16.5. The quantitative estimate of drug-likeness (QED) is 0.538. The SMILES string of the molecule is COCCOc1ccc(NC(=O)C(N)CC(N)=O)cn1. The molecule has 0 radical (unpaired) electrons. The summed E-state index contributed by atoms with van der Waals surface area (Å²) in [6.07, 6.45) is 1.22. The first kappa shape index (κ1) is 15.9. The average Bonchev–Trinajstić information content (AvgIpc) is 2.40. The maximum atomic E-state index is 11.6. The molecule has 0 aliphatic heterocycles. The fourth-order valence-corrected chi connectivity index (χ4v) is 1.31. The Bertz CT molecular complexity index is 449. The third-order valence-electron chi connectivity index (χ3n) is 2.30. The van der Waals surface area contributed by atoms with Crippen LogP contribution in [0.3, 0.4) is 0 Å². The summed E-state index contributed by atoms with van der Waals surface area (Å²) in [6.45, 7) is 0.848. The number of hydrogen-bond acceptors (Lipinski definition) is 6. The Morgan fingerprint density at radius 3 is 2.70 bits per heavy atom. The Labute approximate surface area is 116 Å². The monoisotopic (exact) mass is 282 g/mol. The predicted molar refractivity (Wildman–Crippen MR) is 72.0 cm³/mol. The molecule has 1 atom stereocenters. The van der Waals surface area contributed by atoms with Gasteiger partial charge < -0.3 is 26.3 Å². The Hall–Kier alpha value is -2.19. The second-order valence-corrected chi connectivity index (χ2v) is 3.99. The summed E-state index contributed by atoms with van der Waals surface area (Å²) in [5, 5.41) is 2.53. The molecule has 0 aliphatic carbocycles. The maximum Gasteiger partial charge on any atom is 0.241 e. The van der Waals surface area contributed by atoms with Crippen LogP contribution in [0.4, 0.5) is 5.69 Å². The Balaban J connectivity index is 2.48. The van der Waals surface area contributed by atoms with E-state index < -0.39 is 17.9 Å². The number of primary amides is 1. The Kier molecular flexibility index (Phi) is 6.41. The van der Waals surface area contributed by atoms with Crippen LogP contribution in [0.1, 0.15) is 6.42 Å². The molecule has 1 rings (SSSR count). The molecule has 8 nitrogen and oxygen atoms in total. The summed E-state index contributed by atoms with van der Waals surface area (Å²) in [4.78, 5) is 26.3. The van der Waals surface area contributed by atoms with Crippen LogP contribution in [0, 0.1) is 0 Å². The van der Waals surface area contributed by atoms with Gasteiger partial charge in [0, 0.05) is 13.2 Å². The number of nitrogens with one attached hydrogen (secondary N) is 1. The van der Waals surface area contributed by atoms with E-state index >= 15 is 0 Å². The number of pyridine rings is 1.